The van der Waals surface area contributed by atoms with Gasteiger partial charge in [-0.15, -0.1) is 0 Å². The average Bonchev–Trinajstić information content (AvgIpc) is 2.23. The van der Waals surface area contributed by atoms with E-state index in [0.717, 1.165) is 6.42 Å². The molecule has 0 bridgehead atoms. The van der Waals surface area contributed by atoms with Gasteiger partial charge in [0.2, 0.25) is 8.32 Å². The van der Waals surface area contributed by atoms with Crippen molar-refractivity contribution in [3.63, 3.8) is 0 Å². The maximum Gasteiger partial charge on any atom is 0.308 e. The number of aliphatic hydroxyl groups excluding tert-OH is 1. The van der Waals surface area contributed by atoms with Crippen molar-refractivity contribution in [3.8, 4) is 0 Å². The van der Waals surface area contributed by atoms with E-state index >= 15 is 0 Å². The Labute approximate surface area is 92.7 Å². The molecule has 0 aromatic carbocycles. The summed E-state index contributed by atoms with van der Waals surface area (Å²) < 4.78 is 10.6. The molecule has 5 heteroatoms. The van der Waals surface area contributed by atoms with Crippen molar-refractivity contribution in [1.82, 2.24) is 0 Å². The monoisotopic (exact) mass is 234 g/mol. The Morgan fingerprint density at radius 2 is 2.00 bits per heavy atom. The minimum Gasteiger partial charge on any atom is -0.461 e. The summed E-state index contributed by atoms with van der Waals surface area (Å²) in [5, 5.41) is 9.17. The molecule has 0 radical (unpaired) electrons. The molecule has 0 spiro atoms. The highest BCUT2D eigenvalue weighted by Crippen LogP contribution is 2.15. The van der Waals surface area contributed by atoms with Crippen molar-refractivity contribution >= 4 is 14.3 Å². The lowest BCUT2D eigenvalue weighted by molar-refractivity contribution is -0.152. The molecule has 0 heterocycles. The maximum atomic E-state index is 11.5. The lowest BCUT2D eigenvalue weighted by Gasteiger charge is -2.29. The van der Waals surface area contributed by atoms with E-state index in [4.69, 9.17) is 9.16 Å². The van der Waals surface area contributed by atoms with Gasteiger partial charge in [0, 0.05) is 7.11 Å². The van der Waals surface area contributed by atoms with Gasteiger partial charge in [0.25, 0.3) is 0 Å². The van der Waals surface area contributed by atoms with Crippen LogP contribution >= 0.6 is 0 Å². The summed E-state index contributed by atoms with van der Waals surface area (Å²) in [5.41, 5.74) is -0.482. The Morgan fingerprint density at radius 1 is 1.47 bits per heavy atom. The summed E-state index contributed by atoms with van der Waals surface area (Å²) in [4.78, 5) is 11.5. The van der Waals surface area contributed by atoms with E-state index in [0.29, 0.717) is 0 Å². The van der Waals surface area contributed by atoms with Crippen LogP contribution in [0.5, 0.6) is 0 Å². The van der Waals surface area contributed by atoms with Crippen LogP contribution in [0, 0.1) is 5.92 Å². The third-order valence-electron chi connectivity index (χ3n) is 2.74. The second-order valence-corrected chi connectivity index (χ2v) is 8.48. The van der Waals surface area contributed by atoms with Gasteiger partial charge in [-0.05, 0) is 19.5 Å². The van der Waals surface area contributed by atoms with Crippen molar-refractivity contribution in [1.29, 1.82) is 0 Å². The smallest absolute Gasteiger partial charge is 0.308 e. The van der Waals surface area contributed by atoms with Gasteiger partial charge in [0.05, 0.1) is 12.5 Å². The van der Waals surface area contributed by atoms with Gasteiger partial charge in [-0.3, -0.25) is 4.79 Å². The zero-order valence-electron chi connectivity index (χ0n) is 10.2. The number of carbonyl (C=O) groups excluding carboxylic acids is 1. The van der Waals surface area contributed by atoms with Gasteiger partial charge in [0.1, 0.15) is 5.73 Å². The molecular formula is C10H22O4Si. The van der Waals surface area contributed by atoms with Crippen molar-refractivity contribution in [2.45, 2.75) is 39.1 Å². The predicted octanol–water partition coefficient (Wildman–Crippen LogP) is 1.33. The van der Waals surface area contributed by atoms with Crippen LogP contribution in [0.3, 0.4) is 0 Å². The standard InChI is InChI=1S/C10H22O4Si/c1-6-8(2)10(12)14-9(7-11)15(4,5)13-3/h8-9,11H,6-7H2,1-5H3. The number of carbonyl (C=O) groups is 1. The Hall–Kier alpha value is -0.393. The molecule has 0 fully saturated rings. The fourth-order valence-corrected chi connectivity index (χ4v) is 2.06. The molecule has 0 rings (SSSR count). The Balaban J connectivity index is 4.40. The quantitative estimate of drug-likeness (QED) is 0.556. The summed E-state index contributed by atoms with van der Waals surface area (Å²) >= 11 is 0. The fraction of sp³-hybridized carbons (Fsp3) is 0.900. The van der Waals surface area contributed by atoms with Crippen LogP contribution in [0.4, 0.5) is 0 Å². The highest BCUT2D eigenvalue weighted by Gasteiger charge is 2.36. The normalized spacial score (nSPS) is 15.9. The number of rotatable bonds is 6. The van der Waals surface area contributed by atoms with Gasteiger partial charge in [-0.1, -0.05) is 13.8 Å². The summed E-state index contributed by atoms with van der Waals surface area (Å²) in [7, 11) is -0.532. The second kappa shape index (κ2) is 6.25. The summed E-state index contributed by atoms with van der Waals surface area (Å²) in [6, 6.07) is 0. The lowest BCUT2D eigenvalue weighted by atomic mass is 10.1. The second-order valence-electron chi connectivity index (χ2n) is 4.22. The SMILES string of the molecule is CCC(C)C(=O)OC(CO)[Si](C)(C)OC. The molecule has 0 aromatic heterocycles. The number of esters is 1. The molecule has 0 saturated heterocycles. The lowest BCUT2D eigenvalue weighted by Crippen LogP contribution is -2.49. The number of hydrogen-bond acceptors (Lipinski definition) is 4. The first-order chi connectivity index (χ1) is 6.88. The van der Waals surface area contributed by atoms with Gasteiger partial charge < -0.3 is 14.3 Å². The Morgan fingerprint density at radius 3 is 2.33 bits per heavy atom. The van der Waals surface area contributed by atoms with E-state index in [-0.39, 0.29) is 18.5 Å². The van der Waals surface area contributed by atoms with Gasteiger partial charge in [-0.25, -0.2) is 0 Å². The van der Waals surface area contributed by atoms with Crippen LogP contribution < -0.4 is 0 Å². The van der Waals surface area contributed by atoms with Crippen LogP contribution in [0.15, 0.2) is 0 Å². The molecule has 0 saturated carbocycles. The minimum absolute atomic E-state index is 0.124. The topological polar surface area (TPSA) is 55.8 Å². The third kappa shape index (κ3) is 4.32. The highest BCUT2D eigenvalue weighted by atomic mass is 28.4. The van der Waals surface area contributed by atoms with Gasteiger partial charge >= 0.3 is 5.97 Å². The molecule has 2 atom stereocenters. The third-order valence-corrected chi connectivity index (χ3v) is 5.64. The van der Waals surface area contributed by atoms with E-state index in [9.17, 15) is 9.90 Å². The van der Waals surface area contributed by atoms with Crippen LogP contribution in [0.2, 0.25) is 13.1 Å². The van der Waals surface area contributed by atoms with Crippen LogP contribution in [-0.2, 0) is 14.0 Å². The summed E-state index contributed by atoms with van der Waals surface area (Å²) in [5.74, 6) is -0.380. The summed E-state index contributed by atoms with van der Waals surface area (Å²) in [6.07, 6.45) is 0.742. The molecule has 2 unspecified atom stereocenters. The molecule has 0 aliphatic heterocycles. The summed E-state index contributed by atoms with van der Waals surface area (Å²) in [6.45, 7) is 7.40. The van der Waals surface area contributed by atoms with Crippen molar-refractivity contribution in [2.75, 3.05) is 13.7 Å². The Bertz CT molecular complexity index is 206. The molecule has 90 valence electrons. The van der Waals surface area contributed by atoms with E-state index in [1.165, 1.54) is 0 Å². The highest BCUT2D eigenvalue weighted by molar-refractivity contribution is 6.72. The molecule has 0 aliphatic carbocycles. The number of ether oxygens (including phenoxy) is 1. The molecule has 0 aliphatic rings. The molecule has 0 aromatic rings. The number of hydrogen-bond donors (Lipinski definition) is 1. The Kier molecular flexibility index (Phi) is 6.08. The first-order valence-corrected chi connectivity index (χ1v) is 8.24. The molecule has 1 N–H and O–H groups in total. The van der Waals surface area contributed by atoms with Crippen LogP contribution in [0.1, 0.15) is 20.3 Å². The maximum absolute atomic E-state index is 11.5. The predicted molar refractivity (Wildman–Crippen MR) is 60.9 cm³/mol. The van der Waals surface area contributed by atoms with Gasteiger partial charge in [-0.2, -0.15) is 0 Å². The van der Waals surface area contributed by atoms with E-state index in [2.05, 4.69) is 0 Å². The van der Waals surface area contributed by atoms with Crippen LogP contribution in [0.25, 0.3) is 0 Å². The van der Waals surface area contributed by atoms with Crippen molar-refractivity contribution < 1.29 is 19.1 Å². The van der Waals surface area contributed by atoms with Crippen molar-refractivity contribution in [2.24, 2.45) is 5.92 Å². The van der Waals surface area contributed by atoms with E-state index in [1.54, 1.807) is 7.11 Å². The van der Waals surface area contributed by atoms with Crippen molar-refractivity contribution in [3.05, 3.63) is 0 Å². The van der Waals surface area contributed by atoms with Crippen LogP contribution in [-0.4, -0.2) is 38.8 Å². The minimum atomic E-state index is -2.12. The average molecular weight is 234 g/mol. The van der Waals surface area contributed by atoms with E-state index in [1.807, 2.05) is 26.9 Å². The van der Waals surface area contributed by atoms with E-state index < -0.39 is 14.0 Å². The first kappa shape index (κ1) is 14.6. The zero-order chi connectivity index (χ0) is 12.1. The first-order valence-electron chi connectivity index (χ1n) is 5.25. The zero-order valence-corrected chi connectivity index (χ0v) is 11.2. The largest absolute Gasteiger partial charge is 0.461 e. The molecule has 15 heavy (non-hydrogen) atoms. The number of aliphatic hydroxyl groups is 1. The molecular weight excluding hydrogens is 212 g/mol. The molecule has 0 amide bonds. The fourth-order valence-electron chi connectivity index (χ4n) is 0.953. The van der Waals surface area contributed by atoms with Gasteiger partial charge in [0.15, 0.2) is 0 Å². The molecule has 4 nitrogen and oxygen atoms in total.